The van der Waals surface area contributed by atoms with Crippen molar-refractivity contribution in [2.45, 2.75) is 38.9 Å². The van der Waals surface area contributed by atoms with Crippen LogP contribution in [0.4, 0.5) is 5.69 Å². The van der Waals surface area contributed by atoms with E-state index in [4.69, 9.17) is 22.1 Å². The van der Waals surface area contributed by atoms with Gasteiger partial charge in [-0.05, 0) is 62.2 Å². The van der Waals surface area contributed by atoms with Crippen LogP contribution in [0.25, 0.3) is 6.08 Å². The fraction of sp³-hybridized carbons (Fsp3) is 0.400. The summed E-state index contributed by atoms with van der Waals surface area (Å²) in [5, 5.41) is 4.47. The lowest BCUT2D eigenvalue weighted by atomic mass is 10.0. The molecular weight excluding hydrogens is 424 g/mol. The van der Waals surface area contributed by atoms with Crippen LogP contribution in [0, 0.1) is 6.92 Å². The summed E-state index contributed by atoms with van der Waals surface area (Å²) in [5.41, 5.74) is 9.64. The van der Waals surface area contributed by atoms with Gasteiger partial charge in [0.2, 0.25) is 0 Å². The van der Waals surface area contributed by atoms with Crippen LogP contribution < -0.4 is 16.6 Å². The van der Waals surface area contributed by atoms with Gasteiger partial charge >= 0.3 is 0 Å². The number of ether oxygens (including phenoxy) is 1. The molecule has 1 aliphatic rings. The number of hydrogen-bond donors (Lipinski definition) is 2. The van der Waals surface area contributed by atoms with Gasteiger partial charge in [0.15, 0.2) is 0 Å². The van der Waals surface area contributed by atoms with Crippen molar-refractivity contribution in [2.24, 2.45) is 0 Å². The number of piperidine rings is 1. The van der Waals surface area contributed by atoms with Crippen LogP contribution >= 0.6 is 11.6 Å². The summed E-state index contributed by atoms with van der Waals surface area (Å²) in [5.74, 6) is 0.568. The predicted molar refractivity (Wildman–Crippen MR) is 133 cm³/mol. The summed E-state index contributed by atoms with van der Waals surface area (Å²) in [7, 11) is 1.57. The topological polar surface area (TPSA) is 72.5 Å². The molecule has 1 aliphatic heterocycles. The molecule has 2 heterocycles. The van der Waals surface area contributed by atoms with Crippen molar-refractivity contribution in [2.75, 3.05) is 32.5 Å². The molecule has 3 rings (SSSR count). The first kappa shape index (κ1) is 24.1. The van der Waals surface area contributed by atoms with Crippen LogP contribution in [0.2, 0.25) is 5.02 Å². The highest BCUT2D eigenvalue weighted by molar-refractivity contribution is 6.31. The number of pyridine rings is 1. The number of methoxy groups -OCH3 is 1. The van der Waals surface area contributed by atoms with Gasteiger partial charge in [0.25, 0.3) is 5.56 Å². The fourth-order valence-corrected chi connectivity index (χ4v) is 4.14. The SMILES string of the molecule is C=C/C(=C\c1c(N)ccc(=O)n1CCN1CCC(NCc2ccc(Cl)c(C)c2)CC1)OC. The largest absolute Gasteiger partial charge is 0.497 e. The van der Waals surface area contributed by atoms with E-state index in [-0.39, 0.29) is 5.56 Å². The minimum absolute atomic E-state index is 0.0697. The number of aryl methyl sites for hydroxylation is 1. The summed E-state index contributed by atoms with van der Waals surface area (Å²) in [4.78, 5) is 14.9. The Bertz CT molecular complexity index is 1020. The smallest absolute Gasteiger partial charge is 0.251 e. The maximum absolute atomic E-state index is 12.5. The molecule has 172 valence electrons. The molecule has 1 fully saturated rings. The van der Waals surface area contributed by atoms with Gasteiger partial charge < -0.3 is 25.3 Å². The van der Waals surface area contributed by atoms with Crippen LogP contribution in [0.15, 0.2) is 53.5 Å². The van der Waals surface area contributed by atoms with Gasteiger partial charge in [-0.25, -0.2) is 0 Å². The molecule has 0 unspecified atom stereocenters. The number of nitrogen functional groups attached to an aromatic ring is 1. The molecular formula is C25H33ClN4O2. The molecule has 0 radical (unpaired) electrons. The number of likely N-dealkylation sites (tertiary alicyclic amines) is 1. The number of nitrogens with one attached hydrogen (secondary N) is 1. The number of halogens is 1. The second-order valence-electron chi connectivity index (χ2n) is 8.20. The van der Waals surface area contributed by atoms with Gasteiger partial charge in [-0.15, -0.1) is 0 Å². The van der Waals surface area contributed by atoms with Crippen LogP contribution in [0.3, 0.4) is 0 Å². The van der Waals surface area contributed by atoms with E-state index in [9.17, 15) is 4.79 Å². The second-order valence-corrected chi connectivity index (χ2v) is 8.61. The van der Waals surface area contributed by atoms with Crippen molar-refractivity contribution < 1.29 is 4.74 Å². The summed E-state index contributed by atoms with van der Waals surface area (Å²) in [6.07, 6.45) is 5.52. The van der Waals surface area contributed by atoms with E-state index in [1.807, 2.05) is 13.0 Å². The van der Waals surface area contributed by atoms with Crippen molar-refractivity contribution in [1.82, 2.24) is 14.8 Å². The Kier molecular flexibility index (Phi) is 8.56. The van der Waals surface area contributed by atoms with E-state index in [1.165, 1.54) is 11.6 Å². The molecule has 0 spiro atoms. The minimum Gasteiger partial charge on any atom is -0.497 e. The first-order valence-corrected chi connectivity index (χ1v) is 11.4. The summed E-state index contributed by atoms with van der Waals surface area (Å²) >= 11 is 6.12. The van der Waals surface area contributed by atoms with Gasteiger partial charge in [-0.2, -0.15) is 0 Å². The highest BCUT2D eigenvalue weighted by Crippen LogP contribution is 2.18. The summed E-state index contributed by atoms with van der Waals surface area (Å²) in [6.45, 7) is 9.98. The lowest BCUT2D eigenvalue weighted by Gasteiger charge is -2.32. The molecule has 7 heteroatoms. The van der Waals surface area contributed by atoms with Crippen molar-refractivity contribution >= 4 is 23.4 Å². The highest BCUT2D eigenvalue weighted by Gasteiger charge is 2.19. The number of anilines is 1. The maximum Gasteiger partial charge on any atom is 0.251 e. The molecule has 1 aromatic carbocycles. The number of hydrogen-bond acceptors (Lipinski definition) is 5. The molecule has 1 aromatic heterocycles. The zero-order valence-electron chi connectivity index (χ0n) is 18.9. The Morgan fingerprint density at radius 2 is 2.03 bits per heavy atom. The molecule has 3 N–H and O–H groups in total. The standard InChI is InChI=1S/C25H33ClN4O2/c1-4-21(32-3)16-24-23(27)7-8-25(31)30(24)14-13-29-11-9-20(10-12-29)28-17-19-5-6-22(26)18(2)15-19/h4-8,15-16,20,28H,1,9-14,17,27H2,2-3H3/b21-16+. The molecule has 6 nitrogen and oxygen atoms in total. The average Bonchev–Trinajstić information content (AvgIpc) is 2.80. The molecule has 32 heavy (non-hydrogen) atoms. The third-order valence-electron chi connectivity index (χ3n) is 6.02. The van der Waals surface area contributed by atoms with Gasteiger partial charge in [-0.3, -0.25) is 4.79 Å². The van der Waals surface area contributed by atoms with Crippen LogP contribution in [-0.2, 0) is 17.8 Å². The predicted octanol–water partition coefficient (Wildman–Crippen LogP) is 3.82. The first-order valence-electron chi connectivity index (χ1n) is 11.0. The fourth-order valence-electron chi connectivity index (χ4n) is 4.02. The number of benzene rings is 1. The summed E-state index contributed by atoms with van der Waals surface area (Å²) < 4.78 is 6.99. The quantitative estimate of drug-likeness (QED) is 0.443. The van der Waals surface area contributed by atoms with Crippen LogP contribution in [0.5, 0.6) is 0 Å². The summed E-state index contributed by atoms with van der Waals surface area (Å²) in [6, 6.07) is 9.83. The van der Waals surface area contributed by atoms with Gasteiger partial charge in [0, 0.05) is 42.8 Å². The van der Waals surface area contributed by atoms with Crippen molar-refractivity contribution in [3.63, 3.8) is 0 Å². The zero-order valence-corrected chi connectivity index (χ0v) is 19.7. The lowest BCUT2D eigenvalue weighted by molar-refractivity contribution is 0.190. The zero-order chi connectivity index (χ0) is 23.1. The molecule has 1 saturated heterocycles. The van der Waals surface area contributed by atoms with E-state index in [0.717, 1.165) is 49.6 Å². The average molecular weight is 457 g/mol. The van der Waals surface area contributed by atoms with Crippen molar-refractivity contribution in [3.8, 4) is 0 Å². The number of aromatic nitrogens is 1. The Balaban J connectivity index is 1.54. The molecule has 0 aliphatic carbocycles. The van der Waals surface area contributed by atoms with E-state index in [2.05, 4.69) is 28.9 Å². The molecule has 0 atom stereocenters. The normalized spacial score (nSPS) is 15.7. The van der Waals surface area contributed by atoms with Gasteiger partial charge in [0.05, 0.1) is 18.5 Å². The van der Waals surface area contributed by atoms with Gasteiger partial charge in [0.1, 0.15) is 5.76 Å². The van der Waals surface area contributed by atoms with Gasteiger partial charge in [-0.1, -0.05) is 30.3 Å². The molecule has 0 bridgehead atoms. The number of allylic oxidation sites excluding steroid dienone is 1. The molecule has 0 amide bonds. The number of rotatable bonds is 9. The number of nitrogens with two attached hydrogens (primary N) is 1. The maximum atomic E-state index is 12.5. The second kappa shape index (κ2) is 11.4. The van der Waals surface area contributed by atoms with E-state index < -0.39 is 0 Å². The Morgan fingerprint density at radius 1 is 1.28 bits per heavy atom. The lowest BCUT2D eigenvalue weighted by Crippen LogP contribution is -2.43. The van der Waals surface area contributed by atoms with Crippen molar-refractivity contribution in [1.29, 1.82) is 0 Å². The Hall–Kier alpha value is -2.54. The molecule has 2 aromatic rings. The van der Waals surface area contributed by atoms with Crippen LogP contribution in [0.1, 0.15) is 29.7 Å². The first-order chi connectivity index (χ1) is 15.4. The van der Waals surface area contributed by atoms with Crippen molar-refractivity contribution in [3.05, 3.63) is 80.9 Å². The van der Waals surface area contributed by atoms with E-state index >= 15 is 0 Å². The highest BCUT2D eigenvalue weighted by atomic mass is 35.5. The Labute approximate surface area is 195 Å². The third kappa shape index (κ3) is 6.25. The number of nitrogens with zero attached hydrogens (tertiary/aromatic N) is 2. The monoisotopic (exact) mass is 456 g/mol. The van der Waals surface area contributed by atoms with Crippen LogP contribution in [-0.4, -0.2) is 42.3 Å². The van der Waals surface area contributed by atoms with E-state index in [0.29, 0.717) is 29.7 Å². The molecule has 0 saturated carbocycles. The third-order valence-corrected chi connectivity index (χ3v) is 6.44. The van der Waals surface area contributed by atoms with E-state index in [1.54, 1.807) is 29.9 Å². The Morgan fingerprint density at radius 3 is 2.69 bits per heavy atom. The minimum atomic E-state index is -0.0697.